The molecule has 0 aliphatic carbocycles. The second-order valence-corrected chi connectivity index (χ2v) is 8.45. The van der Waals surface area contributed by atoms with Gasteiger partial charge in [0.05, 0.1) is 10.5 Å². The zero-order valence-electron chi connectivity index (χ0n) is 16.1. The molecule has 2 N–H and O–H groups in total. The summed E-state index contributed by atoms with van der Waals surface area (Å²) in [5, 5.41) is 19.4. The number of rotatable bonds is 6. The number of nitrogens with zero attached hydrogens (tertiary/aromatic N) is 1. The van der Waals surface area contributed by atoms with Gasteiger partial charge in [-0.15, -0.1) is 0 Å². The van der Waals surface area contributed by atoms with Crippen LogP contribution in [0.25, 0.3) is 17.4 Å². The average Bonchev–Trinajstić information content (AvgIpc) is 3.32. The van der Waals surface area contributed by atoms with Crippen LogP contribution in [0, 0.1) is 0 Å². The summed E-state index contributed by atoms with van der Waals surface area (Å²) in [6.07, 6.45) is 2.30. The van der Waals surface area contributed by atoms with E-state index in [0.29, 0.717) is 33.7 Å². The van der Waals surface area contributed by atoms with Crippen LogP contribution in [0.1, 0.15) is 21.7 Å². The van der Waals surface area contributed by atoms with Crippen LogP contribution in [-0.2, 0) is 11.2 Å². The van der Waals surface area contributed by atoms with Crippen LogP contribution < -0.4 is 0 Å². The van der Waals surface area contributed by atoms with E-state index in [1.807, 2.05) is 30.3 Å². The maximum Gasteiger partial charge on any atom is 0.339 e. The van der Waals surface area contributed by atoms with Crippen LogP contribution >= 0.6 is 24.0 Å². The largest absolute Gasteiger partial charge is 0.506 e. The first kappa shape index (κ1) is 20.9. The molecule has 1 aromatic heterocycles. The summed E-state index contributed by atoms with van der Waals surface area (Å²) in [6, 6.07) is 17.5. The molecule has 0 unspecified atom stereocenters. The zero-order chi connectivity index (χ0) is 22.0. The van der Waals surface area contributed by atoms with E-state index in [-0.39, 0.29) is 22.8 Å². The van der Waals surface area contributed by atoms with E-state index in [1.165, 1.54) is 23.9 Å². The van der Waals surface area contributed by atoms with Crippen LogP contribution in [0.3, 0.4) is 0 Å². The molecule has 2 heterocycles. The molecule has 0 saturated carbocycles. The Kier molecular flexibility index (Phi) is 5.92. The van der Waals surface area contributed by atoms with Crippen molar-refractivity contribution in [3.05, 3.63) is 82.5 Å². The van der Waals surface area contributed by atoms with Gasteiger partial charge in [0.25, 0.3) is 5.91 Å². The second kappa shape index (κ2) is 8.79. The summed E-state index contributed by atoms with van der Waals surface area (Å²) in [5.74, 6) is -1.09. The molecule has 0 atom stereocenters. The molecule has 8 heteroatoms. The van der Waals surface area contributed by atoms with Crippen LogP contribution in [0.2, 0.25) is 0 Å². The molecule has 31 heavy (non-hydrogen) atoms. The molecule has 1 amide bonds. The van der Waals surface area contributed by atoms with E-state index < -0.39 is 5.97 Å². The van der Waals surface area contributed by atoms with Crippen molar-refractivity contribution >= 4 is 46.3 Å². The van der Waals surface area contributed by atoms with Crippen molar-refractivity contribution in [2.24, 2.45) is 0 Å². The van der Waals surface area contributed by atoms with Crippen molar-refractivity contribution < 1.29 is 24.2 Å². The number of carbonyl (C=O) groups excluding carboxylic acids is 1. The highest BCUT2D eigenvalue weighted by Crippen LogP contribution is 2.36. The number of benzene rings is 2. The smallest absolute Gasteiger partial charge is 0.339 e. The Morgan fingerprint density at radius 1 is 1.10 bits per heavy atom. The molecule has 3 aromatic rings. The number of aromatic hydroxyl groups is 1. The quantitative estimate of drug-likeness (QED) is 0.411. The Morgan fingerprint density at radius 3 is 2.61 bits per heavy atom. The van der Waals surface area contributed by atoms with Crippen LogP contribution in [0.5, 0.6) is 5.75 Å². The Morgan fingerprint density at radius 2 is 1.87 bits per heavy atom. The third-order valence-corrected chi connectivity index (χ3v) is 6.15. The van der Waals surface area contributed by atoms with Gasteiger partial charge < -0.3 is 14.6 Å². The van der Waals surface area contributed by atoms with Crippen LogP contribution in [-0.4, -0.2) is 37.9 Å². The Balaban J connectivity index is 1.52. The SMILES string of the molecule is O=C(O)c1cccc(-c2ccc(/C=C3\SC(=S)N(CCc4ccccc4)C3=O)o2)c1O. The molecule has 1 fully saturated rings. The number of hydrogen-bond donors (Lipinski definition) is 2. The van der Waals surface area contributed by atoms with Gasteiger partial charge in [0.2, 0.25) is 0 Å². The van der Waals surface area contributed by atoms with E-state index in [9.17, 15) is 19.8 Å². The number of thiocarbonyl (C=S) groups is 1. The molecule has 0 bridgehead atoms. The second-order valence-electron chi connectivity index (χ2n) is 6.78. The van der Waals surface area contributed by atoms with Gasteiger partial charge in [0, 0.05) is 12.6 Å². The third kappa shape index (κ3) is 4.40. The lowest BCUT2D eigenvalue weighted by atomic mass is 10.1. The molecule has 0 radical (unpaired) electrons. The van der Waals surface area contributed by atoms with Gasteiger partial charge in [-0.1, -0.05) is 60.4 Å². The van der Waals surface area contributed by atoms with E-state index in [2.05, 4.69) is 0 Å². The zero-order valence-corrected chi connectivity index (χ0v) is 17.8. The number of thioether (sulfide) groups is 1. The fourth-order valence-electron chi connectivity index (χ4n) is 3.20. The Hall–Kier alpha value is -3.36. The maximum absolute atomic E-state index is 12.8. The summed E-state index contributed by atoms with van der Waals surface area (Å²) in [6.45, 7) is 0.491. The highest BCUT2D eigenvalue weighted by atomic mass is 32.2. The van der Waals surface area contributed by atoms with Crippen molar-refractivity contribution in [1.29, 1.82) is 0 Å². The fourth-order valence-corrected chi connectivity index (χ4v) is 4.49. The topological polar surface area (TPSA) is 91.0 Å². The van der Waals surface area contributed by atoms with Gasteiger partial charge in [-0.05, 0) is 36.2 Å². The highest BCUT2D eigenvalue weighted by Gasteiger charge is 2.32. The first-order valence-corrected chi connectivity index (χ1v) is 10.6. The molecular weight excluding hydrogens is 434 g/mol. The summed E-state index contributed by atoms with van der Waals surface area (Å²) in [4.78, 5) is 26.0. The number of carboxylic acid groups (broad SMARTS) is 1. The average molecular weight is 452 g/mol. The van der Waals surface area contributed by atoms with Crippen molar-refractivity contribution in [3.8, 4) is 17.1 Å². The van der Waals surface area contributed by atoms with E-state index in [4.69, 9.17) is 16.6 Å². The minimum Gasteiger partial charge on any atom is -0.506 e. The van der Waals surface area contributed by atoms with Gasteiger partial charge >= 0.3 is 5.97 Å². The minimum absolute atomic E-state index is 0.181. The van der Waals surface area contributed by atoms with Gasteiger partial charge in [-0.2, -0.15) is 0 Å². The van der Waals surface area contributed by atoms with E-state index in [1.54, 1.807) is 29.2 Å². The number of hydrogen-bond acceptors (Lipinski definition) is 6. The normalized spacial score (nSPS) is 15.1. The first-order valence-electron chi connectivity index (χ1n) is 9.39. The van der Waals surface area contributed by atoms with Gasteiger partial charge in [-0.25, -0.2) is 4.79 Å². The molecule has 2 aromatic carbocycles. The summed E-state index contributed by atoms with van der Waals surface area (Å²) >= 11 is 6.58. The Bertz CT molecular complexity index is 1200. The fraction of sp³-hybridized carbons (Fsp3) is 0.0870. The highest BCUT2D eigenvalue weighted by molar-refractivity contribution is 8.26. The number of aromatic carboxylic acids is 1. The number of para-hydroxylation sites is 1. The third-order valence-electron chi connectivity index (χ3n) is 4.77. The summed E-state index contributed by atoms with van der Waals surface area (Å²) < 4.78 is 6.23. The van der Waals surface area contributed by atoms with E-state index in [0.717, 1.165) is 5.56 Å². The van der Waals surface area contributed by atoms with Crippen LogP contribution in [0.4, 0.5) is 0 Å². The molecule has 4 rings (SSSR count). The number of carboxylic acids is 1. The van der Waals surface area contributed by atoms with Crippen molar-refractivity contribution in [1.82, 2.24) is 4.90 Å². The predicted octanol–water partition coefficient (Wildman–Crippen LogP) is 4.79. The van der Waals surface area contributed by atoms with Gasteiger partial charge in [0.1, 0.15) is 27.2 Å². The maximum atomic E-state index is 12.8. The van der Waals surface area contributed by atoms with E-state index >= 15 is 0 Å². The standard InChI is InChI=1S/C23H17NO5S2/c25-20-16(7-4-8-17(20)22(27)28)18-10-9-15(29-18)13-19-21(26)24(23(30)31-19)12-11-14-5-2-1-3-6-14/h1-10,13,25H,11-12H2,(H,27,28)/b19-13-. The predicted molar refractivity (Wildman–Crippen MR) is 123 cm³/mol. The molecule has 1 aliphatic heterocycles. The van der Waals surface area contributed by atoms with Gasteiger partial charge in [-0.3, -0.25) is 9.69 Å². The molecule has 0 spiro atoms. The van der Waals surface area contributed by atoms with Crippen molar-refractivity contribution in [3.63, 3.8) is 0 Å². The first-order chi connectivity index (χ1) is 14.9. The van der Waals surface area contributed by atoms with Gasteiger partial charge in [0.15, 0.2) is 0 Å². The monoisotopic (exact) mass is 451 g/mol. The summed E-state index contributed by atoms with van der Waals surface area (Å²) in [7, 11) is 0. The number of furan rings is 1. The van der Waals surface area contributed by atoms with Crippen LogP contribution in [0.15, 0.2) is 70.0 Å². The lowest BCUT2D eigenvalue weighted by molar-refractivity contribution is -0.122. The molecule has 6 nitrogen and oxygen atoms in total. The number of amides is 1. The molecule has 1 aliphatic rings. The summed E-state index contributed by atoms with van der Waals surface area (Å²) in [5.41, 5.74) is 1.17. The lowest BCUT2D eigenvalue weighted by Gasteiger charge is -2.14. The number of phenols is 1. The minimum atomic E-state index is -1.23. The molecule has 156 valence electrons. The molecule has 1 saturated heterocycles. The number of carbonyl (C=O) groups is 2. The lowest BCUT2D eigenvalue weighted by Crippen LogP contribution is -2.30. The van der Waals surface area contributed by atoms with Crippen molar-refractivity contribution in [2.75, 3.05) is 6.54 Å². The molecular formula is C23H17NO5S2. The van der Waals surface area contributed by atoms with Crippen molar-refractivity contribution in [2.45, 2.75) is 6.42 Å². The Labute approximate surface area is 187 Å².